The highest BCUT2D eigenvalue weighted by molar-refractivity contribution is 6.31. The first kappa shape index (κ1) is 18.2. The second-order valence-corrected chi connectivity index (χ2v) is 7.19. The smallest absolute Gasteiger partial charge is 0.306 e. The quantitative estimate of drug-likeness (QED) is 0.725. The summed E-state index contributed by atoms with van der Waals surface area (Å²) in [5, 5.41) is 4.77. The maximum Gasteiger partial charge on any atom is 0.306 e. The van der Waals surface area contributed by atoms with Gasteiger partial charge in [-0.15, -0.1) is 0 Å². The van der Waals surface area contributed by atoms with Crippen LogP contribution in [0.15, 0.2) is 6.20 Å². The molecule has 2 aliphatic rings. The number of cyclic esters (lactones) is 1. The lowest BCUT2D eigenvalue weighted by Crippen LogP contribution is -2.43. The number of aryl methyl sites for hydroxylation is 1. The molecule has 138 valence electrons. The number of carbonyl (C=O) groups is 2. The fourth-order valence-electron chi connectivity index (χ4n) is 3.03. The van der Waals surface area contributed by atoms with Gasteiger partial charge in [0.05, 0.1) is 18.2 Å². The summed E-state index contributed by atoms with van der Waals surface area (Å²) in [4.78, 5) is 25.8. The fourth-order valence-corrected chi connectivity index (χ4v) is 3.27. The molecule has 0 saturated carbocycles. The van der Waals surface area contributed by atoms with Crippen LogP contribution >= 0.6 is 11.6 Å². The highest BCUT2D eigenvalue weighted by Crippen LogP contribution is 2.25. The summed E-state index contributed by atoms with van der Waals surface area (Å²) in [7, 11) is 1.76. The fraction of sp³-hybridized carbons (Fsp3) is 0.688. The molecule has 25 heavy (non-hydrogen) atoms. The van der Waals surface area contributed by atoms with Gasteiger partial charge in [-0.2, -0.15) is 5.10 Å². The lowest BCUT2D eigenvalue weighted by Gasteiger charge is -2.27. The van der Waals surface area contributed by atoms with Crippen molar-refractivity contribution in [3.8, 4) is 0 Å². The van der Waals surface area contributed by atoms with Gasteiger partial charge in [-0.3, -0.25) is 14.3 Å². The van der Waals surface area contributed by atoms with Crippen molar-refractivity contribution >= 4 is 23.5 Å². The summed E-state index contributed by atoms with van der Waals surface area (Å²) in [5.74, 6) is -1.29. The SMILES string of the molecule is Cn1cc(Cl)c(CN(C[C@H]2COC(C)(C)O2)C(=O)[C@H]2CCC(=O)O2)n1. The Morgan fingerprint density at radius 3 is 2.80 bits per heavy atom. The number of carbonyl (C=O) groups excluding carboxylic acids is 2. The largest absolute Gasteiger partial charge is 0.452 e. The summed E-state index contributed by atoms with van der Waals surface area (Å²) in [6.45, 7) is 4.56. The number of aromatic nitrogens is 2. The molecule has 3 rings (SSSR count). The van der Waals surface area contributed by atoms with E-state index in [9.17, 15) is 9.59 Å². The minimum atomic E-state index is -0.759. The first-order chi connectivity index (χ1) is 11.7. The Morgan fingerprint density at radius 2 is 2.28 bits per heavy atom. The van der Waals surface area contributed by atoms with Crippen molar-refractivity contribution in [2.45, 2.75) is 51.2 Å². The Bertz CT molecular complexity index is 675. The van der Waals surface area contributed by atoms with E-state index >= 15 is 0 Å². The van der Waals surface area contributed by atoms with Gasteiger partial charge in [-0.05, 0) is 13.8 Å². The van der Waals surface area contributed by atoms with Crippen molar-refractivity contribution in [1.82, 2.24) is 14.7 Å². The molecule has 0 spiro atoms. The number of hydrogen-bond donors (Lipinski definition) is 0. The highest BCUT2D eigenvalue weighted by atomic mass is 35.5. The predicted octanol–water partition coefficient (Wildman–Crippen LogP) is 1.26. The van der Waals surface area contributed by atoms with Crippen molar-refractivity contribution < 1.29 is 23.8 Å². The summed E-state index contributed by atoms with van der Waals surface area (Å²) in [6.07, 6.45) is 1.29. The molecular formula is C16H22ClN3O5. The summed E-state index contributed by atoms with van der Waals surface area (Å²) >= 11 is 6.18. The Balaban J connectivity index is 1.74. The number of nitrogens with zero attached hydrogens (tertiary/aromatic N) is 3. The van der Waals surface area contributed by atoms with Crippen LogP contribution in [0.3, 0.4) is 0 Å². The lowest BCUT2D eigenvalue weighted by atomic mass is 10.2. The maximum atomic E-state index is 12.8. The average molecular weight is 372 g/mol. The standard InChI is InChI=1S/C16H22ClN3O5/c1-16(2)23-9-10(25-16)6-20(8-12-11(17)7-19(3)18-12)15(22)13-4-5-14(21)24-13/h7,10,13H,4-6,8-9H2,1-3H3/t10-,13+/m0/s1. The van der Waals surface area contributed by atoms with E-state index in [0.29, 0.717) is 30.3 Å². The zero-order chi connectivity index (χ0) is 18.2. The number of rotatable bonds is 5. The van der Waals surface area contributed by atoms with Gasteiger partial charge in [0, 0.05) is 32.6 Å². The molecule has 2 aliphatic heterocycles. The van der Waals surface area contributed by atoms with E-state index in [1.165, 1.54) is 0 Å². The average Bonchev–Trinajstić information content (AvgIpc) is 3.18. The molecule has 3 heterocycles. The molecule has 2 atom stereocenters. The zero-order valence-electron chi connectivity index (χ0n) is 14.5. The monoisotopic (exact) mass is 371 g/mol. The Labute approximate surface area is 150 Å². The zero-order valence-corrected chi connectivity index (χ0v) is 15.3. The van der Waals surface area contributed by atoms with E-state index < -0.39 is 11.9 Å². The molecule has 1 amide bonds. The van der Waals surface area contributed by atoms with E-state index in [1.54, 1.807) is 22.8 Å². The van der Waals surface area contributed by atoms with E-state index in [2.05, 4.69) is 5.10 Å². The lowest BCUT2D eigenvalue weighted by molar-refractivity contribution is -0.157. The van der Waals surface area contributed by atoms with Crippen LogP contribution in [-0.4, -0.2) is 57.7 Å². The van der Waals surface area contributed by atoms with E-state index in [1.807, 2.05) is 13.8 Å². The second kappa shape index (κ2) is 6.93. The molecule has 1 aromatic heterocycles. The predicted molar refractivity (Wildman–Crippen MR) is 87.7 cm³/mol. The molecule has 9 heteroatoms. The summed E-state index contributed by atoms with van der Waals surface area (Å²) < 4.78 is 18.1. The van der Waals surface area contributed by atoms with Gasteiger partial charge < -0.3 is 19.1 Å². The van der Waals surface area contributed by atoms with Gasteiger partial charge in [0.2, 0.25) is 0 Å². The molecule has 0 unspecified atom stereocenters. The summed E-state index contributed by atoms with van der Waals surface area (Å²) in [6, 6.07) is 0. The first-order valence-electron chi connectivity index (χ1n) is 8.21. The van der Waals surface area contributed by atoms with Crippen molar-refractivity contribution in [1.29, 1.82) is 0 Å². The second-order valence-electron chi connectivity index (χ2n) is 6.78. The van der Waals surface area contributed by atoms with E-state index in [-0.39, 0.29) is 30.9 Å². The van der Waals surface area contributed by atoms with Crippen LogP contribution in [-0.2, 0) is 37.4 Å². The van der Waals surface area contributed by atoms with Gasteiger partial charge >= 0.3 is 5.97 Å². The van der Waals surface area contributed by atoms with Crippen molar-refractivity contribution in [2.24, 2.45) is 7.05 Å². The topological polar surface area (TPSA) is 82.9 Å². The van der Waals surface area contributed by atoms with Gasteiger partial charge in [-0.1, -0.05) is 11.6 Å². The highest BCUT2D eigenvalue weighted by Gasteiger charge is 2.38. The van der Waals surface area contributed by atoms with E-state index in [4.69, 9.17) is 25.8 Å². The number of halogens is 1. The van der Waals surface area contributed by atoms with Crippen LogP contribution in [0.1, 0.15) is 32.4 Å². The van der Waals surface area contributed by atoms with Crippen LogP contribution in [0.25, 0.3) is 0 Å². The van der Waals surface area contributed by atoms with Crippen molar-refractivity contribution in [3.05, 3.63) is 16.9 Å². The molecule has 8 nitrogen and oxygen atoms in total. The van der Waals surface area contributed by atoms with Crippen molar-refractivity contribution in [2.75, 3.05) is 13.2 Å². The van der Waals surface area contributed by atoms with E-state index in [0.717, 1.165) is 0 Å². The molecular weight excluding hydrogens is 350 g/mol. The molecule has 2 fully saturated rings. The minimum absolute atomic E-state index is 0.215. The van der Waals surface area contributed by atoms with Gasteiger partial charge in [0.15, 0.2) is 11.9 Å². The third-order valence-electron chi connectivity index (χ3n) is 4.16. The molecule has 0 aliphatic carbocycles. The van der Waals surface area contributed by atoms with Gasteiger partial charge in [-0.25, -0.2) is 0 Å². The van der Waals surface area contributed by atoms with Crippen LogP contribution in [0, 0.1) is 0 Å². The molecule has 0 aromatic carbocycles. The number of hydrogen-bond acceptors (Lipinski definition) is 6. The Hall–Kier alpha value is -1.64. The van der Waals surface area contributed by atoms with Gasteiger partial charge in [0.25, 0.3) is 5.91 Å². The van der Waals surface area contributed by atoms with Gasteiger partial charge in [0.1, 0.15) is 11.8 Å². The third kappa shape index (κ3) is 4.31. The number of ether oxygens (including phenoxy) is 3. The molecule has 1 aromatic rings. The van der Waals surface area contributed by atoms with Crippen LogP contribution < -0.4 is 0 Å². The summed E-state index contributed by atoms with van der Waals surface area (Å²) in [5.41, 5.74) is 0.583. The minimum Gasteiger partial charge on any atom is -0.452 e. The third-order valence-corrected chi connectivity index (χ3v) is 4.47. The normalized spacial score (nSPS) is 25.2. The van der Waals surface area contributed by atoms with Crippen LogP contribution in [0.5, 0.6) is 0 Å². The van der Waals surface area contributed by atoms with Crippen LogP contribution in [0.4, 0.5) is 0 Å². The Kier molecular flexibility index (Phi) is 5.04. The molecule has 0 bridgehead atoms. The maximum absolute atomic E-state index is 12.8. The number of amides is 1. The molecule has 2 saturated heterocycles. The first-order valence-corrected chi connectivity index (χ1v) is 8.59. The van der Waals surface area contributed by atoms with Crippen LogP contribution in [0.2, 0.25) is 5.02 Å². The van der Waals surface area contributed by atoms with Crippen molar-refractivity contribution in [3.63, 3.8) is 0 Å². The number of esters is 1. The molecule has 0 N–H and O–H groups in total. The Morgan fingerprint density at radius 1 is 1.52 bits per heavy atom. The molecule has 0 radical (unpaired) electrons.